The van der Waals surface area contributed by atoms with Crippen LogP contribution in [0.4, 0.5) is 0 Å². The van der Waals surface area contributed by atoms with Gasteiger partial charge in [0, 0.05) is 14.5 Å². The number of nitrogens with zero attached hydrogens (tertiary/aromatic N) is 1. The molecule has 0 fully saturated rings. The van der Waals surface area contributed by atoms with Gasteiger partial charge >= 0.3 is 0 Å². The van der Waals surface area contributed by atoms with Gasteiger partial charge in [-0.25, -0.2) is 5.43 Å². The lowest BCUT2D eigenvalue weighted by atomic mass is 10.0. The van der Waals surface area contributed by atoms with E-state index in [4.69, 9.17) is 9.47 Å². The van der Waals surface area contributed by atoms with Gasteiger partial charge in [-0.3, -0.25) is 4.79 Å². The van der Waals surface area contributed by atoms with Gasteiger partial charge in [0.25, 0.3) is 5.91 Å². The van der Waals surface area contributed by atoms with Crippen LogP contribution in [0, 0.1) is 6.92 Å². The normalized spacial score (nSPS) is 11.1. The molecule has 0 bridgehead atoms. The molecule has 0 aliphatic carbocycles. The van der Waals surface area contributed by atoms with Crippen LogP contribution in [0.1, 0.15) is 36.5 Å². The molecule has 0 saturated heterocycles. The Morgan fingerprint density at radius 2 is 1.96 bits per heavy atom. The minimum atomic E-state index is -0.338. The van der Waals surface area contributed by atoms with E-state index in [9.17, 15) is 4.79 Å². The maximum atomic E-state index is 12.1. The molecule has 2 aromatic rings. The first-order valence-corrected chi connectivity index (χ1v) is 9.98. The predicted molar refractivity (Wildman–Crippen MR) is 115 cm³/mol. The van der Waals surface area contributed by atoms with Crippen molar-refractivity contribution in [3.63, 3.8) is 0 Å². The summed E-state index contributed by atoms with van der Waals surface area (Å²) in [5, 5.41) is 3.98. The Labute approximate surface area is 176 Å². The van der Waals surface area contributed by atoms with Crippen molar-refractivity contribution in [3.05, 3.63) is 56.0 Å². The SMILES string of the molecule is COc1ccc(Br)cc1/C=N/NC(=O)COc1cc(C)c(Br)cc1C(C)C. The van der Waals surface area contributed by atoms with Gasteiger partial charge in [-0.05, 0) is 54.3 Å². The molecule has 7 heteroatoms. The Morgan fingerprint density at radius 3 is 2.63 bits per heavy atom. The first-order chi connectivity index (χ1) is 12.8. The minimum absolute atomic E-state index is 0.117. The molecule has 27 heavy (non-hydrogen) atoms. The Hall–Kier alpha value is -1.86. The van der Waals surface area contributed by atoms with E-state index in [0.29, 0.717) is 11.5 Å². The van der Waals surface area contributed by atoms with Gasteiger partial charge in [-0.1, -0.05) is 45.7 Å². The zero-order chi connectivity index (χ0) is 20.0. The Morgan fingerprint density at radius 1 is 1.22 bits per heavy atom. The van der Waals surface area contributed by atoms with Crippen molar-refractivity contribution in [1.29, 1.82) is 0 Å². The van der Waals surface area contributed by atoms with E-state index in [0.717, 1.165) is 25.6 Å². The highest BCUT2D eigenvalue weighted by Crippen LogP contribution is 2.32. The number of carbonyl (C=O) groups is 1. The summed E-state index contributed by atoms with van der Waals surface area (Å²) in [6.07, 6.45) is 1.53. The third-order valence-corrected chi connectivity index (χ3v) is 5.20. The Bertz CT molecular complexity index is 851. The lowest BCUT2D eigenvalue weighted by Gasteiger charge is -2.15. The van der Waals surface area contributed by atoms with Crippen LogP contribution >= 0.6 is 31.9 Å². The fraction of sp³-hybridized carbons (Fsp3) is 0.300. The second-order valence-electron chi connectivity index (χ2n) is 6.26. The molecule has 1 amide bonds. The quantitative estimate of drug-likeness (QED) is 0.423. The topological polar surface area (TPSA) is 59.9 Å². The summed E-state index contributed by atoms with van der Waals surface area (Å²) in [6, 6.07) is 9.51. The van der Waals surface area contributed by atoms with Crippen molar-refractivity contribution >= 4 is 44.0 Å². The molecule has 0 unspecified atom stereocenters. The second-order valence-corrected chi connectivity index (χ2v) is 8.03. The summed E-state index contributed by atoms with van der Waals surface area (Å²) in [4.78, 5) is 12.1. The van der Waals surface area contributed by atoms with E-state index >= 15 is 0 Å². The summed E-state index contributed by atoms with van der Waals surface area (Å²) in [6.45, 7) is 6.03. The van der Waals surface area contributed by atoms with Gasteiger partial charge in [-0.15, -0.1) is 0 Å². The summed E-state index contributed by atoms with van der Waals surface area (Å²) >= 11 is 6.93. The van der Waals surface area contributed by atoms with Crippen molar-refractivity contribution in [1.82, 2.24) is 5.43 Å². The number of hydrogen-bond acceptors (Lipinski definition) is 4. The van der Waals surface area contributed by atoms with Crippen LogP contribution < -0.4 is 14.9 Å². The second kappa shape index (κ2) is 9.90. The van der Waals surface area contributed by atoms with Gasteiger partial charge in [0.2, 0.25) is 0 Å². The maximum absolute atomic E-state index is 12.1. The van der Waals surface area contributed by atoms with E-state index in [1.165, 1.54) is 6.21 Å². The van der Waals surface area contributed by atoms with E-state index in [-0.39, 0.29) is 18.4 Å². The molecule has 0 heterocycles. The molecule has 0 aliphatic heterocycles. The smallest absolute Gasteiger partial charge is 0.277 e. The number of halogens is 2. The number of ether oxygens (including phenoxy) is 2. The fourth-order valence-corrected chi connectivity index (χ4v) is 3.14. The van der Waals surface area contributed by atoms with Gasteiger partial charge in [0.15, 0.2) is 6.61 Å². The van der Waals surface area contributed by atoms with Crippen molar-refractivity contribution < 1.29 is 14.3 Å². The number of methoxy groups -OCH3 is 1. The molecule has 144 valence electrons. The number of rotatable bonds is 7. The van der Waals surface area contributed by atoms with Crippen LogP contribution in [0.25, 0.3) is 0 Å². The third-order valence-electron chi connectivity index (χ3n) is 3.86. The standard InChI is InChI=1S/C20H22Br2N2O3/c1-12(2)16-9-17(22)13(3)7-19(16)27-11-20(25)24-23-10-14-8-15(21)5-6-18(14)26-4/h5-10,12H,11H2,1-4H3,(H,24,25)/b23-10+. The average Bonchev–Trinajstić information content (AvgIpc) is 2.62. The number of hydrazone groups is 1. The average molecular weight is 498 g/mol. The van der Waals surface area contributed by atoms with Crippen molar-refractivity contribution in [2.45, 2.75) is 26.7 Å². The molecule has 0 aromatic heterocycles. The van der Waals surface area contributed by atoms with E-state index in [1.54, 1.807) is 7.11 Å². The summed E-state index contributed by atoms with van der Waals surface area (Å²) in [5.41, 5.74) is 5.32. The van der Waals surface area contributed by atoms with Crippen LogP contribution in [-0.4, -0.2) is 25.8 Å². The van der Waals surface area contributed by atoms with E-state index in [2.05, 4.69) is 56.2 Å². The summed E-state index contributed by atoms with van der Waals surface area (Å²) < 4.78 is 12.9. The van der Waals surface area contributed by atoms with Crippen LogP contribution in [0.2, 0.25) is 0 Å². The van der Waals surface area contributed by atoms with Crippen LogP contribution in [-0.2, 0) is 4.79 Å². The van der Waals surface area contributed by atoms with Crippen molar-refractivity contribution in [3.8, 4) is 11.5 Å². The highest BCUT2D eigenvalue weighted by Gasteiger charge is 2.12. The number of aryl methyl sites for hydroxylation is 1. The lowest BCUT2D eigenvalue weighted by Crippen LogP contribution is -2.25. The molecular weight excluding hydrogens is 476 g/mol. The van der Waals surface area contributed by atoms with E-state index < -0.39 is 0 Å². The minimum Gasteiger partial charge on any atom is -0.496 e. The number of carbonyl (C=O) groups excluding carboxylic acids is 1. The van der Waals surface area contributed by atoms with Crippen LogP contribution in [0.15, 0.2) is 44.4 Å². The zero-order valence-corrected chi connectivity index (χ0v) is 18.8. The maximum Gasteiger partial charge on any atom is 0.277 e. The molecule has 0 aliphatic rings. The highest BCUT2D eigenvalue weighted by molar-refractivity contribution is 9.10. The first-order valence-electron chi connectivity index (χ1n) is 8.40. The molecule has 2 aromatic carbocycles. The number of benzene rings is 2. The highest BCUT2D eigenvalue weighted by atomic mass is 79.9. The van der Waals surface area contributed by atoms with Gasteiger partial charge < -0.3 is 9.47 Å². The Kier molecular flexibility index (Phi) is 7.86. The largest absolute Gasteiger partial charge is 0.496 e. The van der Waals surface area contributed by atoms with Gasteiger partial charge in [0.1, 0.15) is 11.5 Å². The first kappa shape index (κ1) is 21.4. The number of nitrogens with one attached hydrogen (secondary N) is 1. The third kappa shape index (κ3) is 6.07. The van der Waals surface area contributed by atoms with Crippen molar-refractivity contribution in [2.75, 3.05) is 13.7 Å². The van der Waals surface area contributed by atoms with Gasteiger partial charge in [0.05, 0.1) is 13.3 Å². The molecule has 0 atom stereocenters. The fourth-order valence-electron chi connectivity index (χ4n) is 2.40. The molecular formula is C20H22Br2N2O3. The number of amides is 1. The lowest BCUT2D eigenvalue weighted by molar-refractivity contribution is -0.123. The summed E-state index contributed by atoms with van der Waals surface area (Å²) in [7, 11) is 1.58. The molecule has 2 rings (SSSR count). The van der Waals surface area contributed by atoms with Crippen LogP contribution in [0.3, 0.4) is 0 Å². The molecule has 0 spiro atoms. The van der Waals surface area contributed by atoms with Gasteiger partial charge in [-0.2, -0.15) is 5.10 Å². The monoisotopic (exact) mass is 496 g/mol. The molecule has 5 nitrogen and oxygen atoms in total. The zero-order valence-electron chi connectivity index (χ0n) is 15.7. The van der Waals surface area contributed by atoms with Crippen LogP contribution in [0.5, 0.6) is 11.5 Å². The predicted octanol–water partition coefficient (Wildman–Crippen LogP) is 5.18. The molecule has 1 N–H and O–H groups in total. The van der Waals surface area contributed by atoms with E-state index in [1.807, 2.05) is 37.3 Å². The van der Waals surface area contributed by atoms with Crippen molar-refractivity contribution in [2.24, 2.45) is 5.10 Å². The Balaban J connectivity index is 1.99. The molecule has 0 saturated carbocycles. The summed E-state index contributed by atoms with van der Waals surface area (Å²) in [5.74, 6) is 1.32. The molecule has 0 radical (unpaired) electrons. The number of hydrogen-bond donors (Lipinski definition) is 1.